The number of alkyl halides is 12. The van der Waals surface area contributed by atoms with Crippen molar-refractivity contribution in [3.05, 3.63) is 0 Å². The van der Waals surface area contributed by atoms with Crippen molar-refractivity contribution in [2.75, 3.05) is 0 Å². The predicted molar refractivity (Wildman–Crippen MR) is 47.7 cm³/mol. The van der Waals surface area contributed by atoms with Gasteiger partial charge in [-0.25, -0.2) is 4.39 Å². The van der Waals surface area contributed by atoms with Crippen molar-refractivity contribution < 1.29 is 44.3 Å². The SMILES string of the molecule is FC1(F)C(F)(F)C2(Cl)OC(Cl)(Cl)C(F)(F)C2(F)C1(F)F. The summed E-state index contributed by atoms with van der Waals surface area (Å²) in [4.78, 5) is 0. The van der Waals surface area contributed by atoms with Crippen LogP contribution >= 0.6 is 34.8 Å². The van der Waals surface area contributed by atoms with Gasteiger partial charge in [0.05, 0.1) is 0 Å². The second kappa shape index (κ2) is 3.41. The molecule has 0 amide bonds. The molecule has 0 aromatic heterocycles. The highest BCUT2D eigenvalue weighted by atomic mass is 35.5. The van der Waals surface area contributed by atoms with Gasteiger partial charge >= 0.3 is 23.7 Å². The van der Waals surface area contributed by atoms with Crippen LogP contribution in [0.5, 0.6) is 0 Å². The fraction of sp³-hybridized carbons (Fsp3) is 1.00. The third-order valence-electron chi connectivity index (χ3n) is 3.14. The molecule has 0 aromatic carbocycles. The molecule has 13 heteroatoms. The minimum Gasteiger partial charge on any atom is -0.309 e. The Morgan fingerprint density at radius 1 is 0.550 bits per heavy atom. The van der Waals surface area contributed by atoms with Gasteiger partial charge in [-0.3, -0.25) is 0 Å². The summed E-state index contributed by atoms with van der Waals surface area (Å²) in [6.45, 7) is 0. The first-order valence-corrected chi connectivity index (χ1v) is 5.56. The van der Waals surface area contributed by atoms with E-state index in [2.05, 4.69) is 39.5 Å². The lowest BCUT2D eigenvalue weighted by Gasteiger charge is -2.33. The summed E-state index contributed by atoms with van der Waals surface area (Å²) in [6, 6.07) is 0. The van der Waals surface area contributed by atoms with E-state index in [0.717, 1.165) is 0 Å². The quantitative estimate of drug-likeness (QED) is 0.451. The number of ether oxygens (including phenoxy) is 1. The summed E-state index contributed by atoms with van der Waals surface area (Å²) in [5.74, 6) is -25.3. The van der Waals surface area contributed by atoms with E-state index in [-0.39, 0.29) is 0 Å². The fourth-order valence-electron chi connectivity index (χ4n) is 2.01. The number of rotatable bonds is 0. The number of fused-ring (bicyclic) bond motifs is 1. The molecule has 2 rings (SSSR count). The van der Waals surface area contributed by atoms with E-state index in [1.807, 2.05) is 0 Å². The minimum atomic E-state index is -6.61. The van der Waals surface area contributed by atoms with Crippen LogP contribution < -0.4 is 0 Å². The van der Waals surface area contributed by atoms with Gasteiger partial charge in [-0.15, -0.1) is 0 Å². The molecular formula is C7Cl3F9O. The third kappa shape index (κ3) is 1.12. The van der Waals surface area contributed by atoms with Gasteiger partial charge in [0.25, 0.3) is 15.2 Å². The zero-order valence-electron chi connectivity index (χ0n) is 8.44. The van der Waals surface area contributed by atoms with Crippen LogP contribution in [0.1, 0.15) is 0 Å². The lowest BCUT2D eigenvalue weighted by molar-refractivity contribution is -0.319. The second-order valence-electron chi connectivity index (χ2n) is 4.17. The van der Waals surface area contributed by atoms with Crippen molar-refractivity contribution in [2.24, 2.45) is 0 Å². The molecule has 0 spiro atoms. The Balaban J connectivity index is 2.89. The van der Waals surface area contributed by atoms with E-state index in [0.29, 0.717) is 0 Å². The van der Waals surface area contributed by atoms with Gasteiger partial charge in [0.1, 0.15) is 0 Å². The zero-order chi connectivity index (χ0) is 16.2. The van der Waals surface area contributed by atoms with Crippen molar-refractivity contribution in [1.82, 2.24) is 0 Å². The average Bonchev–Trinajstić information content (AvgIpc) is 2.37. The molecule has 0 bridgehead atoms. The van der Waals surface area contributed by atoms with Crippen LogP contribution in [0.15, 0.2) is 0 Å². The van der Waals surface area contributed by atoms with Gasteiger partial charge in [-0.05, 0) is 0 Å². The number of hydrogen-bond acceptors (Lipinski definition) is 1. The Labute approximate surface area is 118 Å². The van der Waals surface area contributed by atoms with Crippen LogP contribution in [0, 0.1) is 0 Å². The first-order valence-electron chi connectivity index (χ1n) is 4.43. The molecule has 1 saturated heterocycles. The largest absolute Gasteiger partial charge is 0.380 e. The first-order chi connectivity index (χ1) is 8.46. The van der Waals surface area contributed by atoms with Crippen molar-refractivity contribution >= 4 is 34.8 Å². The van der Waals surface area contributed by atoms with E-state index in [1.54, 1.807) is 0 Å². The molecular weight excluding hydrogens is 377 g/mol. The summed E-state index contributed by atoms with van der Waals surface area (Å²) < 4.78 is 119. The Morgan fingerprint density at radius 2 is 0.950 bits per heavy atom. The van der Waals surface area contributed by atoms with Gasteiger partial charge in [-0.1, -0.05) is 34.8 Å². The summed E-state index contributed by atoms with van der Waals surface area (Å²) in [5, 5.41) is -5.17. The highest BCUT2D eigenvalue weighted by Gasteiger charge is 3.08. The molecule has 0 aromatic rings. The molecule has 1 aliphatic carbocycles. The molecule has 2 fully saturated rings. The van der Waals surface area contributed by atoms with Gasteiger partial charge < -0.3 is 4.74 Å². The molecule has 1 heterocycles. The first kappa shape index (κ1) is 16.6. The Bertz CT molecular complexity index is 478. The molecule has 1 saturated carbocycles. The maximum absolute atomic E-state index is 14.0. The maximum atomic E-state index is 14.0. The van der Waals surface area contributed by atoms with Crippen LogP contribution in [0.25, 0.3) is 0 Å². The highest BCUT2D eigenvalue weighted by molar-refractivity contribution is 6.49. The summed E-state index contributed by atoms with van der Waals surface area (Å²) in [7, 11) is 0. The fourth-order valence-corrected chi connectivity index (χ4v) is 3.05. The van der Waals surface area contributed by atoms with E-state index in [4.69, 9.17) is 0 Å². The molecule has 2 unspecified atom stereocenters. The van der Waals surface area contributed by atoms with Crippen LogP contribution in [0.3, 0.4) is 0 Å². The molecule has 20 heavy (non-hydrogen) atoms. The van der Waals surface area contributed by atoms with Crippen molar-refractivity contribution in [1.29, 1.82) is 0 Å². The van der Waals surface area contributed by atoms with Gasteiger partial charge in [0, 0.05) is 0 Å². The Hall–Kier alpha value is 0.200. The molecule has 2 aliphatic rings. The third-order valence-corrected chi connectivity index (χ3v) is 4.34. The monoisotopic (exact) mass is 376 g/mol. The van der Waals surface area contributed by atoms with Crippen molar-refractivity contribution in [2.45, 2.75) is 38.9 Å². The molecule has 1 aliphatic heterocycles. The second-order valence-corrected chi connectivity index (χ2v) is 5.96. The Kier molecular flexibility index (Phi) is 2.82. The summed E-state index contributed by atoms with van der Waals surface area (Å²) >= 11 is 13.9. The van der Waals surface area contributed by atoms with Crippen LogP contribution in [0.4, 0.5) is 39.5 Å². The van der Waals surface area contributed by atoms with Crippen LogP contribution in [-0.4, -0.2) is 38.9 Å². The molecule has 0 radical (unpaired) electrons. The van der Waals surface area contributed by atoms with E-state index < -0.39 is 38.9 Å². The predicted octanol–water partition coefficient (Wildman–Crippen LogP) is 4.35. The van der Waals surface area contributed by atoms with Gasteiger partial charge in [-0.2, -0.15) is 35.1 Å². The summed E-state index contributed by atoms with van der Waals surface area (Å²) in [6.07, 6.45) is 0. The minimum absolute atomic E-state index is 3.33. The van der Waals surface area contributed by atoms with Crippen molar-refractivity contribution in [3.8, 4) is 0 Å². The lowest BCUT2D eigenvalue weighted by atomic mass is 9.92. The molecule has 0 N–H and O–H groups in total. The highest BCUT2D eigenvalue weighted by Crippen LogP contribution is 2.79. The van der Waals surface area contributed by atoms with Crippen LogP contribution in [0.2, 0.25) is 0 Å². The molecule has 1 nitrogen and oxygen atoms in total. The molecule has 2 atom stereocenters. The number of halogens is 12. The average molecular weight is 377 g/mol. The topological polar surface area (TPSA) is 9.23 Å². The normalized spacial score (nSPS) is 46.2. The van der Waals surface area contributed by atoms with E-state index >= 15 is 0 Å². The van der Waals surface area contributed by atoms with E-state index in [1.165, 1.54) is 0 Å². The maximum Gasteiger partial charge on any atom is 0.380 e. The van der Waals surface area contributed by atoms with Gasteiger partial charge in [0.15, 0.2) is 0 Å². The van der Waals surface area contributed by atoms with Crippen LogP contribution in [-0.2, 0) is 4.74 Å². The van der Waals surface area contributed by atoms with Gasteiger partial charge in [0.2, 0.25) is 0 Å². The smallest absolute Gasteiger partial charge is 0.309 e. The summed E-state index contributed by atoms with van der Waals surface area (Å²) in [5.41, 5.74) is -6.05. The number of hydrogen-bond donors (Lipinski definition) is 0. The van der Waals surface area contributed by atoms with Crippen molar-refractivity contribution in [3.63, 3.8) is 0 Å². The standard InChI is InChI=1S/C7Cl3F9O/c8-2-1(11,4(14,15)7(9,10)20-2)3(12,13)6(18,19)5(2,16)17. The Morgan fingerprint density at radius 3 is 1.30 bits per heavy atom. The van der Waals surface area contributed by atoms with E-state index in [9.17, 15) is 39.5 Å². The zero-order valence-corrected chi connectivity index (χ0v) is 10.7. The lowest BCUT2D eigenvalue weighted by Crippen LogP contribution is -2.64. The molecule has 118 valence electrons.